The van der Waals surface area contributed by atoms with Gasteiger partial charge in [-0.1, -0.05) is 18.2 Å². The molecule has 1 amide bonds. The van der Waals surface area contributed by atoms with Gasteiger partial charge in [-0.15, -0.1) is 0 Å². The summed E-state index contributed by atoms with van der Waals surface area (Å²) in [7, 11) is 2.00. The molecule has 3 saturated heterocycles. The van der Waals surface area contributed by atoms with Crippen LogP contribution in [0.2, 0.25) is 0 Å². The predicted molar refractivity (Wildman–Crippen MR) is 133 cm³/mol. The van der Waals surface area contributed by atoms with Gasteiger partial charge in [0.25, 0.3) is 5.91 Å². The van der Waals surface area contributed by atoms with Gasteiger partial charge in [-0.25, -0.2) is 4.98 Å². The smallest absolute Gasteiger partial charge is 0.273 e. The van der Waals surface area contributed by atoms with E-state index >= 15 is 0 Å². The van der Waals surface area contributed by atoms with Gasteiger partial charge in [0.2, 0.25) is 5.95 Å². The predicted octanol–water partition coefficient (Wildman–Crippen LogP) is 3.66. The third-order valence-corrected chi connectivity index (χ3v) is 7.65. The fraction of sp³-hybridized carbons (Fsp3) is 0.462. The molecular weight excluding hydrogens is 426 g/mol. The SMILES string of the molecule is CC(C)N1Cc2c(nc(NC3CN4CCC3CC4)nc2N(C)c2cnc3ccccc3c2)C1=O. The third kappa shape index (κ3) is 3.57. The summed E-state index contributed by atoms with van der Waals surface area (Å²) >= 11 is 0. The van der Waals surface area contributed by atoms with Crippen molar-refractivity contribution in [3.05, 3.63) is 47.8 Å². The molecule has 0 aliphatic carbocycles. The van der Waals surface area contributed by atoms with Crippen molar-refractivity contribution in [2.45, 2.75) is 45.3 Å². The molecule has 1 aromatic carbocycles. The Bertz CT molecular complexity index is 1250. The number of fused-ring (bicyclic) bond motifs is 5. The molecule has 176 valence electrons. The van der Waals surface area contributed by atoms with Crippen molar-refractivity contribution < 1.29 is 4.79 Å². The standard InChI is InChI=1S/C26H31N7O/c1-16(2)33-14-20-23(25(33)34)29-26(28-22-15-32-10-8-17(22)9-11-32)30-24(20)31(3)19-12-18-6-4-5-7-21(18)27-13-19/h4-7,12-13,16-17,22H,8-11,14-15H2,1-3H3,(H,28,29,30). The van der Waals surface area contributed by atoms with Crippen LogP contribution in [0, 0.1) is 5.92 Å². The minimum Gasteiger partial charge on any atom is -0.350 e. The first-order valence-electron chi connectivity index (χ1n) is 12.3. The van der Waals surface area contributed by atoms with Crippen molar-refractivity contribution in [3.63, 3.8) is 0 Å². The van der Waals surface area contributed by atoms with Crippen LogP contribution in [0.1, 0.15) is 42.7 Å². The van der Waals surface area contributed by atoms with Gasteiger partial charge in [-0.3, -0.25) is 9.78 Å². The minimum atomic E-state index is -0.0179. The van der Waals surface area contributed by atoms with Gasteiger partial charge in [-0.2, -0.15) is 4.98 Å². The van der Waals surface area contributed by atoms with Crippen LogP contribution in [0.3, 0.4) is 0 Å². The highest BCUT2D eigenvalue weighted by atomic mass is 16.2. The summed E-state index contributed by atoms with van der Waals surface area (Å²) in [5.74, 6) is 1.93. The molecule has 2 aromatic heterocycles. The highest BCUT2D eigenvalue weighted by Crippen LogP contribution is 2.36. The lowest BCUT2D eigenvalue weighted by Crippen LogP contribution is -2.53. The van der Waals surface area contributed by atoms with E-state index in [0.717, 1.165) is 34.5 Å². The quantitative estimate of drug-likeness (QED) is 0.626. The van der Waals surface area contributed by atoms with Crippen LogP contribution in [-0.2, 0) is 6.54 Å². The molecule has 1 unspecified atom stereocenters. The second-order valence-electron chi connectivity index (χ2n) is 10.1. The van der Waals surface area contributed by atoms with Crippen molar-refractivity contribution in [2.75, 3.05) is 36.9 Å². The van der Waals surface area contributed by atoms with E-state index in [1.165, 1.54) is 25.9 Å². The topological polar surface area (TPSA) is 77.5 Å². The third-order valence-electron chi connectivity index (χ3n) is 7.65. The van der Waals surface area contributed by atoms with E-state index in [9.17, 15) is 4.79 Å². The molecule has 6 heterocycles. The number of nitrogens with zero attached hydrogens (tertiary/aromatic N) is 6. The first-order valence-corrected chi connectivity index (χ1v) is 12.3. The Kier molecular flexibility index (Phi) is 5.13. The lowest BCUT2D eigenvalue weighted by Gasteiger charge is -2.45. The van der Waals surface area contributed by atoms with Gasteiger partial charge >= 0.3 is 0 Å². The van der Waals surface area contributed by atoms with Gasteiger partial charge in [0.15, 0.2) is 0 Å². The number of anilines is 3. The van der Waals surface area contributed by atoms with E-state index in [1.807, 2.05) is 55.1 Å². The van der Waals surface area contributed by atoms with Crippen molar-refractivity contribution in [1.82, 2.24) is 24.8 Å². The maximum Gasteiger partial charge on any atom is 0.273 e. The average Bonchev–Trinajstić information content (AvgIpc) is 3.20. The van der Waals surface area contributed by atoms with E-state index in [2.05, 4.69) is 27.3 Å². The number of rotatable bonds is 5. The molecule has 4 aliphatic rings. The number of benzene rings is 1. The zero-order valence-corrected chi connectivity index (χ0v) is 20.0. The van der Waals surface area contributed by atoms with Gasteiger partial charge in [0, 0.05) is 36.6 Å². The Morgan fingerprint density at radius 3 is 2.68 bits per heavy atom. The molecule has 3 aromatic rings. The fourth-order valence-corrected chi connectivity index (χ4v) is 5.59. The summed E-state index contributed by atoms with van der Waals surface area (Å²) in [5.41, 5.74) is 3.29. The first-order chi connectivity index (χ1) is 16.5. The summed E-state index contributed by atoms with van der Waals surface area (Å²) in [5, 5.41) is 4.68. The molecule has 4 aliphatic heterocycles. The van der Waals surface area contributed by atoms with Crippen LogP contribution in [0.4, 0.5) is 17.5 Å². The van der Waals surface area contributed by atoms with Crippen molar-refractivity contribution in [3.8, 4) is 0 Å². The number of carbonyl (C=O) groups is 1. The molecule has 7 rings (SSSR count). The van der Waals surface area contributed by atoms with E-state index < -0.39 is 0 Å². The van der Waals surface area contributed by atoms with Crippen LogP contribution in [0.15, 0.2) is 36.5 Å². The summed E-state index contributed by atoms with van der Waals surface area (Å²) in [6.07, 6.45) is 4.28. The molecule has 3 fully saturated rings. The second-order valence-corrected chi connectivity index (χ2v) is 10.1. The second kappa shape index (κ2) is 8.20. The van der Waals surface area contributed by atoms with Gasteiger partial charge in [-0.05, 0) is 57.8 Å². The number of carbonyl (C=O) groups excluding carboxylic acids is 1. The first kappa shape index (κ1) is 21.3. The molecule has 8 nitrogen and oxygen atoms in total. The molecule has 0 spiro atoms. The number of nitrogens with one attached hydrogen (secondary N) is 1. The normalized spacial score (nSPS) is 23.6. The van der Waals surface area contributed by atoms with Crippen LogP contribution >= 0.6 is 0 Å². The zero-order chi connectivity index (χ0) is 23.4. The average molecular weight is 458 g/mol. The van der Waals surface area contributed by atoms with Crippen LogP contribution in [0.5, 0.6) is 0 Å². The summed E-state index contributed by atoms with van der Waals surface area (Å²) in [6.45, 7) is 7.97. The Labute approximate surface area is 200 Å². The van der Waals surface area contributed by atoms with E-state index in [4.69, 9.17) is 9.97 Å². The Hall–Kier alpha value is -3.26. The largest absolute Gasteiger partial charge is 0.350 e. The van der Waals surface area contributed by atoms with Crippen LogP contribution < -0.4 is 10.2 Å². The summed E-state index contributed by atoms with van der Waals surface area (Å²) in [4.78, 5) is 34.1. The fourth-order valence-electron chi connectivity index (χ4n) is 5.59. The van der Waals surface area contributed by atoms with Gasteiger partial charge in [0.1, 0.15) is 11.5 Å². The number of para-hydroxylation sites is 1. The van der Waals surface area contributed by atoms with E-state index in [-0.39, 0.29) is 11.9 Å². The number of hydrogen-bond donors (Lipinski definition) is 1. The molecule has 1 N–H and O–H groups in total. The van der Waals surface area contributed by atoms with Gasteiger partial charge < -0.3 is 20.0 Å². The zero-order valence-electron chi connectivity index (χ0n) is 20.0. The van der Waals surface area contributed by atoms with E-state index in [0.29, 0.717) is 30.1 Å². The number of amides is 1. The number of piperidine rings is 3. The number of aromatic nitrogens is 3. The molecular formula is C26H31N7O. The van der Waals surface area contributed by atoms with Crippen LogP contribution in [0.25, 0.3) is 10.9 Å². The van der Waals surface area contributed by atoms with E-state index in [1.54, 1.807) is 0 Å². The summed E-state index contributed by atoms with van der Waals surface area (Å²) in [6, 6.07) is 10.6. The minimum absolute atomic E-state index is 0.0179. The maximum absolute atomic E-state index is 13.3. The molecule has 2 bridgehead atoms. The van der Waals surface area contributed by atoms with Crippen LogP contribution in [-0.4, -0.2) is 69.4 Å². The van der Waals surface area contributed by atoms with Gasteiger partial charge in [0.05, 0.1) is 23.9 Å². The van der Waals surface area contributed by atoms with Crippen molar-refractivity contribution >= 4 is 34.3 Å². The Balaban J connectivity index is 1.40. The molecule has 34 heavy (non-hydrogen) atoms. The number of pyridine rings is 1. The molecule has 1 atom stereocenters. The van der Waals surface area contributed by atoms with Crippen molar-refractivity contribution in [2.24, 2.45) is 5.92 Å². The molecule has 0 saturated carbocycles. The molecule has 0 radical (unpaired) electrons. The van der Waals surface area contributed by atoms with Crippen molar-refractivity contribution in [1.29, 1.82) is 0 Å². The number of hydrogen-bond acceptors (Lipinski definition) is 7. The highest BCUT2D eigenvalue weighted by Gasteiger charge is 2.37. The summed E-state index contributed by atoms with van der Waals surface area (Å²) < 4.78 is 0. The Morgan fingerprint density at radius 1 is 1.15 bits per heavy atom. The Morgan fingerprint density at radius 2 is 1.94 bits per heavy atom. The lowest BCUT2D eigenvalue weighted by molar-refractivity contribution is 0.0726. The molecule has 8 heteroatoms. The highest BCUT2D eigenvalue weighted by molar-refractivity contribution is 5.98. The monoisotopic (exact) mass is 457 g/mol. The maximum atomic E-state index is 13.3. The lowest BCUT2D eigenvalue weighted by atomic mass is 9.84.